The molecule has 0 spiro atoms. The molecule has 0 saturated heterocycles. The van der Waals surface area contributed by atoms with Gasteiger partial charge in [-0.3, -0.25) is 0 Å². The van der Waals surface area contributed by atoms with Crippen LogP contribution in [-0.4, -0.2) is 9.66 Å². The molecule has 0 aromatic carbocycles. The van der Waals surface area contributed by atoms with Crippen LogP contribution in [0.3, 0.4) is 0 Å². The lowest BCUT2D eigenvalue weighted by atomic mass is 9.81. The SMILES string of the molecule is CC1CCC(c2nc(C(C)(C)C)n(N)c2N)CC1. The second-order valence-electron chi connectivity index (χ2n) is 6.78. The molecule has 1 aliphatic carbocycles. The Labute approximate surface area is 110 Å². The number of nitrogen functional groups attached to an aromatic ring is 2. The van der Waals surface area contributed by atoms with E-state index in [2.05, 4.69) is 27.7 Å². The highest BCUT2D eigenvalue weighted by molar-refractivity contribution is 5.42. The van der Waals surface area contributed by atoms with Crippen molar-refractivity contribution in [1.29, 1.82) is 0 Å². The summed E-state index contributed by atoms with van der Waals surface area (Å²) in [5.74, 6) is 8.92. The van der Waals surface area contributed by atoms with Crippen molar-refractivity contribution in [3.05, 3.63) is 11.5 Å². The third-order valence-corrected chi connectivity index (χ3v) is 4.05. The van der Waals surface area contributed by atoms with E-state index in [4.69, 9.17) is 16.6 Å². The van der Waals surface area contributed by atoms with Gasteiger partial charge in [0.05, 0.1) is 5.69 Å². The molecule has 0 radical (unpaired) electrons. The van der Waals surface area contributed by atoms with Crippen molar-refractivity contribution in [1.82, 2.24) is 9.66 Å². The van der Waals surface area contributed by atoms with Crippen molar-refractivity contribution in [2.45, 2.75) is 64.7 Å². The minimum atomic E-state index is -0.0664. The maximum atomic E-state index is 6.14. The van der Waals surface area contributed by atoms with Gasteiger partial charge in [-0.05, 0) is 18.8 Å². The van der Waals surface area contributed by atoms with Crippen LogP contribution in [0.4, 0.5) is 5.82 Å². The van der Waals surface area contributed by atoms with Gasteiger partial charge in [-0.1, -0.05) is 40.5 Å². The molecule has 0 bridgehead atoms. The summed E-state index contributed by atoms with van der Waals surface area (Å²) in [6.07, 6.45) is 4.91. The Morgan fingerprint density at radius 1 is 1.17 bits per heavy atom. The van der Waals surface area contributed by atoms with Gasteiger partial charge < -0.3 is 11.6 Å². The van der Waals surface area contributed by atoms with Crippen LogP contribution in [0.15, 0.2) is 0 Å². The molecule has 4 heteroatoms. The summed E-state index contributed by atoms with van der Waals surface area (Å²) in [6.45, 7) is 8.67. The summed E-state index contributed by atoms with van der Waals surface area (Å²) in [6, 6.07) is 0. The number of nitrogens with zero attached hydrogens (tertiary/aromatic N) is 2. The summed E-state index contributed by atoms with van der Waals surface area (Å²) >= 11 is 0. The molecule has 1 saturated carbocycles. The monoisotopic (exact) mass is 250 g/mol. The Balaban J connectivity index is 2.29. The number of hydrogen-bond acceptors (Lipinski definition) is 3. The molecule has 1 fully saturated rings. The van der Waals surface area contributed by atoms with E-state index < -0.39 is 0 Å². The molecule has 102 valence electrons. The van der Waals surface area contributed by atoms with E-state index >= 15 is 0 Å². The second kappa shape index (κ2) is 4.48. The number of imidazole rings is 1. The van der Waals surface area contributed by atoms with Gasteiger partial charge in [-0.2, -0.15) is 0 Å². The van der Waals surface area contributed by atoms with E-state index in [1.54, 1.807) is 4.68 Å². The van der Waals surface area contributed by atoms with Gasteiger partial charge in [0.1, 0.15) is 11.6 Å². The second-order valence-corrected chi connectivity index (χ2v) is 6.78. The van der Waals surface area contributed by atoms with Crippen molar-refractivity contribution < 1.29 is 0 Å². The Hall–Kier alpha value is -1.19. The molecular formula is C14H26N4. The van der Waals surface area contributed by atoms with E-state index in [0.717, 1.165) is 17.4 Å². The fourth-order valence-corrected chi connectivity index (χ4v) is 2.83. The summed E-state index contributed by atoms with van der Waals surface area (Å²) in [4.78, 5) is 4.74. The van der Waals surface area contributed by atoms with Gasteiger partial charge in [-0.25, -0.2) is 9.66 Å². The summed E-state index contributed by atoms with van der Waals surface area (Å²) in [5, 5.41) is 0. The Morgan fingerprint density at radius 2 is 1.72 bits per heavy atom. The van der Waals surface area contributed by atoms with Crippen molar-refractivity contribution in [3.63, 3.8) is 0 Å². The smallest absolute Gasteiger partial charge is 0.146 e. The average molecular weight is 250 g/mol. The van der Waals surface area contributed by atoms with Crippen LogP contribution in [0.25, 0.3) is 0 Å². The lowest BCUT2D eigenvalue weighted by Gasteiger charge is -2.25. The number of anilines is 1. The van der Waals surface area contributed by atoms with Crippen LogP contribution >= 0.6 is 0 Å². The van der Waals surface area contributed by atoms with Gasteiger partial charge in [-0.15, -0.1) is 0 Å². The van der Waals surface area contributed by atoms with E-state index in [9.17, 15) is 0 Å². The number of aromatic nitrogens is 2. The van der Waals surface area contributed by atoms with Crippen LogP contribution in [0.1, 0.15) is 70.8 Å². The van der Waals surface area contributed by atoms with Crippen LogP contribution < -0.4 is 11.6 Å². The van der Waals surface area contributed by atoms with Crippen LogP contribution in [0.2, 0.25) is 0 Å². The summed E-state index contributed by atoms with van der Waals surface area (Å²) < 4.78 is 1.58. The quantitative estimate of drug-likeness (QED) is 0.753. The first-order valence-corrected chi connectivity index (χ1v) is 6.94. The molecule has 0 amide bonds. The molecule has 0 aliphatic heterocycles. The third-order valence-electron chi connectivity index (χ3n) is 4.05. The Morgan fingerprint density at radius 3 is 2.17 bits per heavy atom. The van der Waals surface area contributed by atoms with E-state index in [-0.39, 0.29) is 5.41 Å². The highest BCUT2D eigenvalue weighted by Gasteiger charge is 2.29. The van der Waals surface area contributed by atoms with E-state index in [1.807, 2.05) is 0 Å². The lowest BCUT2D eigenvalue weighted by molar-refractivity contribution is 0.344. The molecular weight excluding hydrogens is 224 g/mol. The first-order chi connectivity index (χ1) is 8.30. The van der Waals surface area contributed by atoms with Crippen molar-refractivity contribution >= 4 is 5.82 Å². The van der Waals surface area contributed by atoms with Gasteiger partial charge in [0.25, 0.3) is 0 Å². The zero-order chi connectivity index (χ0) is 13.5. The third kappa shape index (κ3) is 2.33. The topological polar surface area (TPSA) is 69.9 Å². The van der Waals surface area contributed by atoms with Gasteiger partial charge in [0, 0.05) is 11.3 Å². The lowest BCUT2D eigenvalue weighted by Crippen LogP contribution is -2.24. The zero-order valence-corrected chi connectivity index (χ0v) is 12.0. The Bertz CT molecular complexity index is 420. The van der Waals surface area contributed by atoms with Gasteiger partial charge in [0.2, 0.25) is 0 Å². The zero-order valence-electron chi connectivity index (χ0n) is 12.0. The van der Waals surface area contributed by atoms with Crippen molar-refractivity contribution in [2.75, 3.05) is 11.6 Å². The average Bonchev–Trinajstić information content (AvgIpc) is 2.57. The Kier molecular flexibility index (Phi) is 3.30. The van der Waals surface area contributed by atoms with Gasteiger partial charge >= 0.3 is 0 Å². The molecule has 1 aromatic rings. The number of hydrogen-bond donors (Lipinski definition) is 2. The maximum absolute atomic E-state index is 6.14. The summed E-state index contributed by atoms with van der Waals surface area (Å²) in [5.41, 5.74) is 7.10. The molecule has 1 aliphatic rings. The molecule has 0 unspecified atom stereocenters. The fourth-order valence-electron chi connectivity index (χ4n) is 2.83. The van der Waals surface area contributed by atoms with E-state index in [0.29, 0.717) is 11.7 Å². The molecule has 0 atom stereocenters. The number of rotatable bonds is 1. The minimum absolute atomic E-state index is 0.0664. The highest BCUT2D eigenvalue weighted by Crippen LogP contribution is 2.38. The molecule has 4 N–H and O–H groups in total. The molecule has 18 heavy (non-hydrogen) atoms. The van der Waals surface area contributed by atoms with Crippen molar-refractivity contribution in [3.8, 4) is 0 Å². The molecule has 2 rings (SSSR count). The maximum Gasteiger partial charge on any atom is 0.146 e. The predicted octanol–water partition coefficient (Wildman–Crippen LogP) is 2.77. The number of nitrogens with two attached hydrogens (primary N) is 2. The largest absolute Gasteiger partial charge is 0.382 e. The van der Waals surface area contributed by atoms with E-state index in [1.165, 1.54) is 25.7 Å². The van der Waals surface area contributed by atoms with Crippen molar-refractivity contribution in [2.24, 2.45) is 5.92 Å². The normalized spacial score (nSPS) is 25.3. The van der Waals surface area contributed by atoms with Gasteiger partial charge in [0.15, 0.2) is 0 Å². The molecule has 1 aromatic heterocycles. The van der Waals surface area contributed by atoms with Crippen LogP contribution in [0, 0.1) is 5.92 Å². The molecule has 1 heterocycles. The molecule has 4 nitrogen and oxygen atoms in total. The fraction of sp³-hybridized carbons (Fsp3) is 0.786. The standard InChI is InChI=1S/C14H26N4/c1-9-5-7-10(8-6-9)11-12(15)18(16)13(17-11)14(2,3)4/h9-10H,5-8,15-16H2,1-4H3. The first-order valence-electron chi connectivity index (χ1n) is 6.94. The highest BCUT2D eigenvalue weighted by atomic mass is 15.4. The first kappa shape index (κ1) is 13.2. The minimum Gasteiger partial charge on any atom is -0.382 e. The van der Waals surface area contributed by atoms with Crippen LogP contribution in [-0.2, 0) is 5.41 Å². The summed E-state index contributed by atoms with van der Waals surface area (Å²) in [7, 11) is 0. The van der Waals surface area contributed by atoms with Crippen LogP contribution in [0.5, 0.6) is 0 Å². The predicted molar refractivity (Wildman–Crippen MR) is 75.9 cm³/mol.